The third-order valence-electron chi connectivity index (χ3n) is 8.76. The summed E-state index contributed by atoms with van der Waals surface area (Å²) in [6.45, 7) is 9.83. The summed E-state index contributed by atoms with van der Waals surface area (Å²) in [7, 11) is 1.60. The van der Waals surface area contributed by atoms with E-state index >= 15 is 4.39 Å². The van der Waals surface area contributed by atoms with Crippen LogP contribution < -0.4 is 10.1 Å². The molecule has 3 atom stereocenters. The third kappa shape index (κ3) is 6.52. The van der Waals surface area contributed by atoms with E-state index < -0.39 is 11.4 Å². The number of halogens is 1. The van der Waals surface area contributed by atoms with Gasteiger partial charge in [0.25, 0.3) is 5.91 Å². The Bertz CT molecular complexity index is 1490. The van der Waals surface area contributed by atoms with Crippen LogP contribution in [0.4, 0.5) is 4.39 Å². The summed E-state index contributed by atoms with van der Waals surface area (Å²) < 4.78 is 31.7. The summed E-state index contributed by atoms with van der Waals surface area (Å²) in [4.78, 5) is 22.3. The van der Waals surface area contributed by atoms with Gasteiger partial charge < -0.3 is 34.1 Å². The maximum absolute atomic E-state index is 15.0. The zero-order valence-electron chi connectivity index (χ0n) is 25.9. The molecule has 1 aromatic heterocycles. The van der Waals surface area contributed by atoms with E-state index in [4.69, 9.17) is 13.9 Å². The molecule has 2 N–H and O–H groups in total. The zero-order valence-corrected chi connectivity index (χ0v) is 25.9. The van der Waals surface area contributed by atoms with Crippen LogP contribution in [0.5, 0.6) is 5.75 Å². The van der Waals surface area contributed by atoms with Gasteiger partial charge in [-0.25, -0.2) is 9.37 Å². The van der Waals surface area contributed by atoms with Crippen molar-refractivity contribution in [1.82, 2.24) is 20.1 Å². The minimum Gasteiger partial charge on any atom is -0.490 e. The molecular weight excluding hydrogens is 563 g/mol. The number of oxazole rings is 1. The van der Waals surface area contributed by atoms with E-state index in [1.165, 1.54) is 0 Å². The molecule has 1 amide bonds. The number of piperazine rings is 1. The predicted molar refractivity (Wildman–Crippen MR) is 167 cm³/mol. The van der Waals surface area contributed by atoms with Crippen LogP contribution in [0.2, 0.25) is 0 Å². The Morgan fingerprint density at radius 2 is 2.09 bits per heavy atom. The van der Waals surface area contributed by atoms with E-state index in [2.05, 4.69) is 16.9 Å². The van der Waals surface area contributed by atoms with Gasteiger partial charge in [-0.15, -0.1) is 0 Å². The van der Waals surface area contributed by atoms with Gasteiger partial charge in [-0.2, -0.15) is 0 Å². The average molecular weight is 607 g/mol. The Hall–Kier alpha value is -3.73. The summed E-state index contributed by atoms with van der Waals surface area (Å²) >= 11 is 0. The number of hydrogen-bond donors (Lipinski definition) is 2. The highest BCUT2D eigenvalue weighted by Gasteiger charge is 2.43. The Morgan fingerprint density at radius 3 is 2.84 bits per heavy atom. The highest BCUT2D eigenvalue weighted by Crippen LogP contribution is 2.38. The quantitative estimate of drug-likeness (QED) is 0.293. The SMILES string of the molecule is C=CN(/C(=C(\C)C(=O)N1CCNC[C@H]1CCOc1ccc2oc(C)nc2c1F)c1ccccc1)[C@@H]1CCCC[C@@]1(O)COC. The smallest absolute Gasteiger partial charge is 0.251 e. The number of carbonyl (C=O) groups excluding carboxylic acids is 1. The number of aromatic nitrogens is 1. The van der Waals surface area contributed by atoms with Crippen molar-refractivity contribution in [2.45, 2.75) is 63.6 Å². The van der Waals surface area contributed by atoms with Crippen molar-refractivity contribution in [3.05, 3.63) is 78.1 Å². The molecular formula is C34H43FN4O5. The van der Waals surface area contributed by atoms with E-state index in [1.807, 2.05) is 47.1 Å². The summed E-state index contributed by atoms with van der Waals surface area (Å²) in [6, 6.07) is 12.5. The molecule has 1 saturated carbocycles. The van der Waals surface area contributed by atoms with Gasteiger partial charge in [0.1, 0.15) is 11.1 Å². The molecule has 2 heterocycles. The summed E-state index contributed by atoms with van der Waals surface area (Å²) in [5, 5.41) is 15.1. The number of amides is 1. The first kappa shape index (κ1) is 31.7. The summed E-state index contributed by atoms with van der Waals surface area (Å²) in [5.74, 6) is -0.161. The fraction of sp³-hybridized carbons (Fsp3) is 0.471. The van der Waals surface area contributed by atoms with Crippen molar-refractivity contribution >= 4 is 22.7 Å². The van der Waals surface area contributed by atoms with Crippen LogP contribution in [0.1, 0.15) is 50.5 Å². The number of aryl methyl sites for hydroxylation is 1. The number of ether oxygens (including phenoxy) is 2. The fourth-order valence-electron chi connectivity index (χ4n) is 6.62. The van der Waals surface area contributed by atoms with Crippen molar-refractivity contribution in [2.24, 2.45) is 0 Å². The molecule has 44 heavy (non-hydrogen) atoms. The molecule has 0 spiro atoms. The molecule has 5 rings (SSSR count). The molecule has 0 radical (unpaired) electrons. The molecule has 2 aromatic carbocycles. The molecule has 0 bridgehead atoms. The Morgan fingerprint density at radius 1 is 1.30 bits per heavy atom. The van der Waals surface area contributed by atoms with Crippen LogP contribution in [-0.2, 0) is 9.53 Å². The first-order valence-corrected chi connectivity index (χ1v) is 15.4. The Labute approximate surface area is 258 Å². The van der Waals surface area contributed by atoms with Crippen molar-refractivity contribution in [2.75, 3.05) is 40.0 Å². The minimum atomic E-state index is -1.08. The minimum absolute atomic E-state index is 0.0982. The van der Waals surface area contributed by atoms with E-state index in [-0.39, 0.29) is 42.5 Å². The second-order valence-electron chi connectivity index (χ2n) is 11.7. The zero-order chi connectivity index (χ0) is 31.3. The van der Waals surface area contributed by atoms with Gasteiger partial charge in [-0.05, 0) is 43.7 Å². The number of fused-ring (bicyclic) bond motifs is 1. The third-order valence-corrected chi connectivity index (χ3v) is 8.76. The molecule has 2 fully saturated rings. The lowest BCUT2D eigenvalue weighted by Crippen LogP contribution is -2.56. The predicted octanol–water partition coefficient (Wildman–Crippen LogP) is 5.04. The van der Waals surface area contributed by atoms with Crippen molar-refractivity contribution < 1.29 is 28.2 Å². The molecule has 9 nitrogen and oxygen atoms in total. The maximum atomic E-state index is 15.0. The number of methoxy groups -OCH3 is 1. The topological polar surface area (TPSA) is 100 Å². The second-order valence-corrected chi connectivity index (χ2v) is 11.7. The number of nitrogens with zero attached hydrogens (tertiary/aromatic N) is 3. The lowest BCUT2D eigenvalue weighted by atomic mass is 9.79. The monoisotopic (exact) mass is 606 g/mol. The van der Waals surface area contributed by atoms with Gasteiger partial charge in [0.15, 0.2) is 23.0 Å². The lowest BCUT2D eigenvalue weighted by Gasteiger charge is -2.46. The molecule has 1 saturated heterocycles. The van der Waals surface area contributed by atoms with Gasteiger partial charge in [0, 0.05) is 51.7 Å². The first-order chi connectivity index (χ1) is 21.3. The molecule has 236 valence electrons. The van der Waals surface area contributed by atoms with Crippen LogP contribution in [0, 0.1) is 12.7 Å². The van der Waals surface area contributed by atoms with Crippen LogP contribution in [0.15, 0.2) is 65.2 Å². The van der Waals surface area contributed by atoms with E-state index in [0.29, 0.717) is 49.5 Å². The standard InChI is InChI=1S/C34H43FN4O5/c1-5-38(29-13-9-10-17-34(29,41)22-42-4)32(25-11-7-6-8-12-25)23(2)33(40)39-19-18-36-21-26(39)16-20-43-27-14-15-28-31(30(27)35)37-24(3)44-28/h5-8,11-12,14-15,26,29,36,41H,1,9-10,13,16-22H2,2-4H3/b32-23+/t26-,29-,34-/m1/s1. The number of nitrogens with one attached hydrogen (secondary N) is 1. The fourth-order valence-corrected chi connectivity index (χ4v) is 6.62. The number of rotatable bonds is 11. The number of carbonyl (C=O) groups is 1. The maximum Gasteiger partial charge on any atom is 0.251 e. The van der Waals surface area contributed by atoms with Crippen LogP contribution in [0.25, 0.3) is 16.8 Å². The Kier molecular flexibility index (Phi) is 10.0. The second kappa shape index (κ2) is 13.9. The van der Waals surface area contributed by atoms with Crippen LogP contribution >= 0.6 is 0 Å². The molecule has 0 unspecified atom stereocenters. The van der Waals surface area contributed by atoms with Gasteiger partial charge in [-0.1, -0.05) is 49.8 Å². The molecule has 1 aliphatic carbocycles. The molecule has 1 aliphatic heterocycles. The van der Waals surface area contributed by atoms with Crippen molar-refractivity contribution in [3.63, 3.8) is 0 Å². The van der Waals surface area contributed by atoms with Crippen LogP contribution in [-0.4, -0.2) is 83.4 Å². The summed E-state index contributed by atoms with van der Waals surface area (Å²) in [5.41, 5.74) is 1.59. The number of aliphatic hydroxyl groups is 1. The number of benzene rings is 2. The largest absolute Gasteiger partial charge is 0.490 e. The van der Waals surface area contributed by atoms with Crippen molar-refractivity contribution in [3.8, 4) is 5.75 Å². The highest BCUT2D eigenvalue weighted by atomic mass is 19.1. The van der Waals surface area contributed by atoms with Gasteiger partial charge >= 0.3 is 0 Å². The van der Waals surface area contributed by atoms with E-state index in [9.17, 15) is 9.90 Å². The highest BCUT2D eigenvalue weighted by molar-refractivity contribution is 6.00. The van der Waals surface area contributed by atoms with Gasteiger partial charge in [0.05, 0.1) is 25.0 Å². The lowest BCUT2D eigenvalue weighted by molar-refractivity contribution is -0.130. The first-order valence-electron chi connectivity index (χ1n) is 15.4. The Balaban J connectivity index is 1.40. The summed E-state index contributed by atoms with van der Waals surface area (Å²) in [6.07, 6.45) is 5.44. The van der Waals surface area contributed by atoms with E-state index in [1.54, 1.807) is 32.4 Å². The average Bonchev–Trinajstić information content (AvgIpc) is 3.42. The van der Waals surface area contributed by atoms with Crippen LogP contribution in [0.3, 0.4) is 0 Å². The normalized spacial score (nSPS) is 22.9. The molecule has 3 aromatic rings. The van der Waals surface area contributed by atoms with Crippen molar-refractivity contribution in [1.29, 1.82) is 0 Å². The van der Waals surface area contributed by atoms with E-state index in [0.717, 1.165) is 30.5 Å². The molecule has 2 aliphatic rings. The van der Waals surface area contributed by atoms with Gasteiger partial charge in [-0.3, -0.25) is 4.79 Å². The van der Waals surface area contributed by atoms with Gasteiger partial charge in [0.2, 0.25) is 0 Å². The molecule has 10 heteroatoms. The number of hydrogen-bond acceptors (Lipinski definition) is 8.